The molecule has 1 aromatic rings. The van der Waals surface area contributed by atoms with E-state index >= 15 is 0 Å². The van der Waals surface area contributed by atoms with Crippen molar-refractivity contribution in [2.75, 3.05) is 13.1 Å². The molecule has 134 valence electrons. The van der Waals surface area contributed by atoms with Crippen molar-refractivity contribution < 1.29 is 22.7 Å². The molecule has 1 saturated carbocycles. The summed E-state index contributed by atoms with van der Waals surface area (Å²) in [5.41, 5.74) is 6.73. The average molecular weight is 365 g/mol. The predicted octanol–water partition coefficient (Wildman–Crippen LogP) is 2.75. The lowest BCUT2D eigenvalue weighted by Gasteiger charge is -2.19. The smallest absolute Gasteiger partial charge is 0.406 e. The van der Waals surface area contributed by atoms with Crippen molar-refractivity contribution in [1.29, 1.82) is 0 Å². The van der Waals surface area contributed by atoms with Crippen LogP contribution in [0.2, 0.25) is 0 Å². The number of alkyl halides is 3. The van der Waals surface area contributed by atoms with Gasteiger partial charge in [0.15, 0.2) is 0 Å². The molecule has 0 bridgehead atoms. The predicted molar refractivity (Wildman–Crippen MR) is 84.8 cm³/mol. The second-order valence-corrected chi connectivity index (χ2v) is 6.33. The molecule has 0 spiro atoms. The van der Waals surface area contributed by atoms with Crippen molar-refractivity contribution in [1.82, 2.24) is 4.90 Å². The highest BCUT2D eigenvalue weighted by Crippen LogP contribution is 2.37. The molecule has 2 fully saturated rings. The molecule has 3 unspecified atom stereocenters. The molecule has 1 aliphatic heterocycles. The summed E-state index contributed by atoms with van der Waals surface area (Å²) in [6.45, 7) is 1.44. The van der Waals surface area contributed by atoms with Crippen molar-refractivity contribution in [2.24, 2.45) is 17.6 Å². The first-order valence-corrected chi connectivity index (χ1v) is 7.70. The Bertz CT molecular complexity index is 580. The lowest BCUT2D eigenvalue weighted by molar-refractivity contribution is -0.274. The van der Waals surface area contributed by atoms with E-state index in [2.05, 4.69) is 4.74 Å². The largest absolute Gasteiger partial charge is 0.573 e. The Kier molecular flexibility index (Phi) is 5.65. The fraction of sp³-hybridized carbons (Fsp3) is 0.562. The third-order valence-electron chi connectivity index (χ3n) is 4.78. The summed E-state index contributed by atoms with van der Waals surface area (Å²) in [5.74, 6) is 0.601. The summed E-state index contributed by atoms with van der Waals surface area (Å²) in [6, 6.07) is 5.61. The molecule has 0 radical (unpaired) electrons. The molecular weight excluding hydrogens is 345 g/mol. The van der Waals surface area contributed by atoms with Crippen LogP contribution in [0.3, 0.4) is 0 Å². The molecule has 1 aromatic carbocycles. The summed E-state index contributed by atoms with van der Waals surface area (Å²) >= 11 is 0. The Labute approximate surface area is 144 Å². The molecule has 1 amide bonds. The van der Waals surface area contributed by atoms with Crippen LogP contribution in [0.15, 0.2) is 24.3 Å². The van der Waals surface area contributed by atoms with Crippen LogP contribution in [0.25, 0.3) is 0 Å². The van der Waals surface area contributed by atoms with Gasteiger partial charge >= 0.3 is 6.36 Å². The zero-order valence-electron chi connectivity index (χ0n) is 13.0. The van der Waals surface area contributed by atoms with E-state index in [1.165, 1.54) is 24.3 Å². The second kappa shape index (κ2) is 7.19. The molecule has 4 nitrogen and oxygen atoms in total. The van der Waals surface area contributed by atoms with Crippen LogP contribution in [0.1, 0.15) is 18.4 Å². The van der Waals surface area contributed by atoms with E-state index in [4.69, 9.17) is 5.73 Å². The van der Waals surface area contributed by atoms with Crippen molar-refractivity contribution >= 4 is 18.3 Å². The quantitative estimate of drug-likeness (QED) is 0.897. The minimum atomic E-state index is -4.70. The number of ether oxygens (including phenoxy) is 1. The molecule has 3 rings (SSSR count). The Hall–Kier alpha value is -1.47. The van der Waals surface area contributed by atoms with E-state index in [0.717, 1.165) is 19.4 Å². The highest BCUT2D eigenvalue weighted by molar-refractivity contribution is 5.85. The maximum Gasteiger partial charge on any atom is 0.573 e. The van der Waals surface area contributed by atoms with Gasteiger partial charge in [-0.2, -0.15) is 0 Å². The normalized spacial score (nSPS) is 26.0. The van der Waals surface area contributed by atoms with Crippen LogP contribution >= 0.6 is 12.4 Å². The van der Waals surface area contributed by atoms with E-state index in [-0.39, 0.29) is 36.5 Å². The van der Waals surface area contributed by atoms with Gasteiger partial charge in [-0.15, -0.1) is 25.6 Å². The summed E-state index contributed by atoms with van der Waals surface area (Å²) in [6.07, 6.45) is -2.43. The standard InChI is InChI=1S/C16H19F3N2O2.ClH/c17-16(18,19)23-12-4-1-10(2-5-12)7-15(22)21-8-11-3-6-14(20)13(11)9-21;/h1-2,4-5,11,13-14H,3,6-9,20H2;1H. The summed E-state index contributed by atoms with van der Waals surface area (Å²) in [7, 11) is 0. The van der Waals surface area contributed by atoms with Gasteiger partial charge in [-0.05, 0) is 42.4 Å². The number of amides is 1. The number of halogens is 4. The molecule has 0 aromatic heterocycles. The molecule has 8 heteroatoms. The van der Waals surface area contributed by atoms with Crippen LogP contribution < -0.4 is 10.5 Å². The lowest BCUT2D eigenvalue weighted by Crippen LogP contribution is -2.34. The number of nitrogens with zero attached hydrogens (tertiary/aromatic N) is 1. The van der Waals surface area contributed by atoms with Crippen LogP contribution in [0.5, 0.6) is 5.75 Å². The van der Waals surface area contributed by atoms with E-state index in [9.17, 15) is 18.0 Å². The highest BCUT2D eigenvalue weighted by atomic mass is 35.5. The Morgan fingerprint density at radius 3 is 2.46 bits per heavy atom. The zero-order valence-corrected chi connectivity index (χ0v) is 13.8. The van der Waals surface area contributed by atoms with E-state index in [1.807, 2.05) is 4.90 Å². The Morgan fingerprint density at radius 1 is 1.21 bits per heavy atom. The topological polar surface area (TPSA) is 55.6 Å². The maximum atomic E-state index is 12.3. The van der Waals surface area contributed by atoms with Gasteiger partial charge in [-0.1, -0.05) is 12.1 Å². The molecule has 1 heterocycles. The number of nitrogens with two attached hydrogens (primary N) is 1. The number of carbonyl (C=O) groups excluding carboxylic acids is 1. The SMILES string of the molecule is Cl.NC1CCC2CN(C(=O)Cc3ccc(OC(F)(F)F)cc3)CC12. The Morgan fingerprint density at radius 2 is 1.88 bits per heavy atom. The monoisotopic (exact) mass is 364 g/mol. The molecule has 1 saturated heterocycles. The first-order chi connectivity index (χ1) is 10.8. The summed E-state index contributed by atoms with van der Waals surface area (Å²) in [5, 5.41) is 0. The van der Waals surface area contributed by atoms with E-state index in [0.29, 0.717) is 23.9 Å². The van der Waals surface area contributed by atoms with Gasteiger partial charge in [-0.25, -0.2) is 0 Å². The third-order valence-corrected chi connectivity index (χ3v) is 4.78. The molecule has 2 aliphatic rings. The number of carbonyl (C=O) groups is 1. The summed E-state index contributed by atoms with van der Waals surface area (Å²) < 4.78 is 40.1. The molecule has 1 aliphatic carbocycles. The van der Waals surface area contributed by atoms with Gasteiger partial charge in [0, 0.05) is 19.1 Å². The van der Waals surface area contributed by atoms with E-state index in [1.54, 1.807) is 0 Å². The van der Waals surface area contributed by atoms with Gasteiger partial charge in [-0.3, -0.25) is 4.79 Å². The van der Waals surface area contributed by atoms with Gasteiger partial charge < -0.3 is 15.4 Å². The first kappa shape index (κ1) is 18.9. The van der Waals surface area contributed by atoms with Crippen LogP contribution in [0, 0.1) is 11.8 Å². The van der Waals surface area contributed by atoms with Gasteiger partial charge in [0.05, 0.1) is 6.42 Å². The van der Waals surface area contributed by atoms with Crippen LogP contribution in [-0.2, 0) is 11.2 Å². The van der Waals surface area contributed by atoms with Gasteiger partial charge in [0.25, 0.3) is 0 Å². The first-order valence-electron chi connectivity index (χ1n) is 7.70. The minimum absolute atomic E-state index is 0. The summed E-state index contributed by atoms with van der Waals surface area (Å²) in [4.78, 5) is 14.2. The fourth-order valence-electron chi connectivity index (χ4n) is 3.61. The second-order valence-electron chi connectivity index (χ2n) is 6.33. The maximum absolute atomic E-state index is 12.3. The number of fused-ring (bicyclic) bond motifs is 1. The van der Waals surface area contributed by atoms with Crippen molar-refractivity contribution in [2.45, 2.75) is 31.7 Å². The lowest BCUT2D eigenvalue weighted by atomic mass is 9.98. The number of hydrogen-bond donors (Lipinski definition) is 1. The zero-order chi connectivity index (χ0) is 16.6. The van der Waals surface area contributed by atoms with Crippen molar-refractivity contribution in [3.8, 4) is 5.75 Å². The average Bonchev–Trinajstić information content (AvgIpc) is 3.02. The molecule has 3 atom stereocenters. The van der Waals surface area contributed by atoms with Gasteiger partial charge in [0.2, 0.25) is 5.91 Å². The third kappa shape index (κ3) is 4.33. The molecule has 24 heavy (non-hydrogen) atoms. The number of benzene rings is 1. The fourth-order valence-corrected chi connectivity index (χ4v) is 3.61. The van der Waals surface area contributed by atoms with Gasteiger partial charge in [0.1, 0.15) is 5.75 Å². The number of likely N-dealkylation sites (tertiary alicyclic amines) is 1. The Balaban J connectivity index is 0.00000208. The number of rotatable bonds is 3. The van der Waals surface area contributed by atoms with Crippen molar-refractivity contribution in [3.63, 3.8) is 0 Å². The number of hydrogen-bond acceptors (Lipinski definition) is 3. The minimum Gasteiger partial charge on any atom is -0.406 e. The molecule has 2 N–H and O–H groups in total. The van der Waals surface area contributed by atoms with Crippen LogP contribution in [-0.4, -0.2) is 36.3 Å². The van der Waals surface area contributed by atoms with Crippen LogP contribution in [0.4, 0.5) is 13.2 Å². The highest BCUT2D eigenvalue weighted by Gasteiger charge is 2.42. The van der Waals surface area contributed by atoms with Crippen molar-refractivity contribution in [3.05, 3.63) is 29.8 Å². The van der Waals surface area contributed by atoms with E-state index < -0.39 is 6.36 Å². The molecular formula is C16H20ClF3N2O2.